The van der Waals surface area contributed by atoms with E-state index in [2.05, 4.69) is 27.6 Å². The van der Waals surface area contributed by atoms with Gasteiger partial charge in [0.15, 0.2) is 11.0 Å². The maximum atomic E-state index is 12.8. The summed E-state index contributed by atoms with van der Waals surface area (Å²) in [6, 6.07) is 21.8. The number of nitrogens with one attached hydrogen (secondary N) is 1. The van der Waals surface area contributed by atoms with E-state index in [1.54, 1.807) is 43.5 Å². The zero-order chi connectivity index (χ0) is 24.1. The Morgan fingerprint density at radius 2 is 1.79 bits per heavy atom. The Balaban J connectivity index is 1.63. The molecule has 0 aliphatic heterocycles. The van der Waals surface area contributed by atoms with Crippen LogP contribution in [0.3, 0.4) is 0 Å². The molecule has 1 N–H and O–H groups in total. The molecule has 0 bridgehead atoms. The number of hydrogen-bond acceptors (Lipinski definition) is 5. The Labute approximate surface area is 212 Å². The molecule has 3 aromatic carbocycles. The monoisotopic (exact) mass is 512 g/mol. The first-order valence-electron chi connectivity index (χ1n) is 10.5. The van der Waals surface area contributed by atoms with Crippen LogP contribution in [0.5, 0.6) is 5.75 Å². The number of carbonyl (C=O) groups excluding carboxylic acids is 1. The molecule has 0 aliphatic carbocycles. The number of amides is 1. The fourth-order valence-electron chi connectivity index (χ4n) is 3.35. The summed E-state index contributed by atoms with van der Waals surface area (Å²) in [6.07, 6.45) is 0. The minimum absolute atomic E-state index is 0.231. The van der Waals surface area contributed by atoms with Crippen molar-refractivity contribution >= 4 is 40.9 Å². The first-order valence-corrected chi connectivity index (χ1v) is 12.2. The molecule has 1 aromatic heterocycles. The van der Waals surface area contributed by atoms with Crippen LogP contribution in [0.2, 0.25) is 10.0 Å². The van der Waals surface area contributed by atoms with Gasteiger partial charge in [-0.05, 0) is 55.0 Å². The van der Waals surface area contributed by atoms with Crippen molar-refractivity contribution in [2.24, 2.45) is 0 Å². The Hall–Kier alpha value is -3.00. The number of aromatic nitrogens is 3. The number of rotatable bonds is 8. The van der Waals surface area contributed by atoms with Crippen molar-refractivity contribution in [2.45, 2.75) is 23.9 Å². The molecular weight excluding hydrogens is 491 g/mol. The molecule has 1 unspecified atom stereocenters. The number of methoxy groups -OCH3 is 1. The van der Waals surface area contributed by atoms with Gasteiger partial charge in [0.1, 0.15) is 5.75 Å². The minimum atomic E-state index is -0.445. The van der Waals surface area contributed by atoms with Gasteiger partial charge in [0.05, 0.1) is 23.9 Å². The molecular formula is C25H22Cl2N4O2S. The van der Waals surface area contributed by atoms with E-state index in [4.69, 9.17) is 27.9 Å². The zero-order valence-corrected chi connectivity index (χ0v) is 20.9. The molecule has 0 saturated heterocycles. The van der Waals surface area contributed by atoms with Gasteiger partial charge < -0.3 is 10.1 Å². The number of nitrogens with zero attached hydrogens (tertiary/aromatic N) is 3. The fourth-order valence-corrected chi connectivity index (χ4v) is 4.75. The summed E-state index contributed by atoms with van der Waals surface area (Å²) in [6.45, 7) is 1.86. The van der Waals surface area contributed by atoms with E-state index in [0.717, 1.165) is 5.56 Å². The number of carbonyl (C=O) groups is 1. The highest BCUT2D eigenvalue weighted by Crippen LogP contribution is 2.32. The summed E-state index contributed by atoms with van der Waals surface area (Å²) in [5.74, 6) is 1.71. The van der Waals surface area contributed by atoms with Crippen LogP contribution in [0, 0.1) is 0 Å². The average Bonchev–Trinajstić information content (AvgIpc) is 3.27. The highest BCUT2D eigenvalue weighted by molar-refractivity contribution is 7.98. The second kappa shape index (κ2) is 11.0. The second-order valence-corrected chi connectivity index (χ2v) is 9.26. The van der Waals surface area contributed by atoms with Crippen molar-refractivity contribution in [1.82, 2.24) is 20.1 Å². The van der Waals surface area contributed by atoms with Crippen LogP contribution in [0.25, 0.3) is 5.69 Å². The molecule has 1 amide bonds. The molecule has 34 heavy (non-hydrogen) atoms. The SMILES string of the molecule is COc1ccc(C(=O)NC(C)c2nnc(SCc3ccccc3)n2-c2ccc(Cl)cc2Cl)cc1. The summed E-state index contributed by atoms with van der Waals surface area (Å²) < 4.78 is 7.03. The molecule has 0 radical (unpaired) electrons. The first-order chi connectivity index (χ1) is 16.5. The normalized spacial score (nSPS) is 11.8. The van der Waals surface area contributed by atoms with E-state index < -0.39 is 6.04 Å². The van der Waals surface area contributed by atoms with Gasteiger partial charge in [-0.15, -0.1) is 10.2 Å². The molecule has 0 aliphatic rings. The van der Waals surface area contributed by atoms with Crippen molar-refractivity contribution in [3.8, 4) is 11.4 Å². The highest BCUT2D eigenvalue weighted by atomic mass is 35.5. The van der Waals surface area contributed by atoms with Crippen LogP contribution in [-0.2, 0) is 5.75 Å². The lowest BCUT2D eigenvalue weighted by atomic mass is 10.2. The predicted octanol–water partition coefficient (Wildman–Crippen LogP) is 6.37. The summed E-state index contributed by atoms with van der Waals surface area (Å²) >= 11 is 14.2. The summed E-state index contributed by atoms with van der Waals surface area (Å²) in [5, 5.41) is 13.5. The smallest absolute Gasteiger partial charge is 0.251 e. The van der Waals surface area contributed by atoms with E-state index >= 15 is 0 Å². The van der Waals surface area contributed by atoms with Crippen LogP contribution >= 0.6 is 35.0 Å². The van der Waals surface area contributed by atoms with Crippen molar-refractivity contribution in [1.29, 1.82) is 0 Å². The lowest BCUT2D eigenvalue weighted by Crippen LogP contribution is -2.28. The molecule has 174 valence electrons. The maximum absolute atomic E-state index is 12.8. The molecule has 6 nitrogen and oxygen atoms in total. The molecule has 4 rings (SSSR count). The molecule has 0 saturated carbocycles. The third-order valence-corrected chi connectivity index (χ3v) is 6.64. The number of ether oxygens (including phenoxy) is 1. The van der Waals surface area contributed by atoms with Gasteiger partial charge in [0.25, 0.3) is 5.91 Å². The van der Waals surface area contributed by atoms with Gasteiger partial charge in [0.2, 0.25) is 0 Å². The third-order valence-electron chi connectivity index (χ3n) is 5.11. The van der Waals surface area contributed by atoms with Crippen LogP contribution in [0.15, 0.2) is 78.0 Å². The Bertz CT molecular complexity index is 1280. The van der Waals surface area contributed by atoms with Gasteiger partial charge in [0, 0.05) is 16.3 Å². The largest absolute Gasteiger partial charge is 0.497 e. The summed E-state index contributed by atoms with van der Waals surface area (Å²) in [5.41, 5.74) is 2.36. The van der Waals surface area contributed by atoms with E-state index in [-0.39, 0.29) is 5.91 Å². The predicted molar refractivity (Wildman–Crippen MR) is 136 cm³/mol. The Kier molecular flexibility index (Phi) is 7.77. The van der Waals surface area contributed by atoms with Crippen LogP contribution in [-0.4, -0.2) is 27.8 Å². The molecule has 1 heterocycles. The number of benzene rings is 3. The van der Waals surface area contributed by atoms with Gasteiger partial charge in [-0.2, -0.15) is 0 Å². The van der Waals surface area contributed by atoms with E-state index in [1.165, 1.54) is 11.8 Å². The standard InChI is InChI=1S/C25H22Cl2N4O2S/c1-16(28-24(32)18-8-11-20(33-2)12-9-18)23-29-30-25(34-15-17-6-4-3-5-7-17)31(23)22-13-10-19(26)14-21(22)27/h3-14,16H,15H2,1-2H3,(H,28,32). The Morgan fingerprint density at radius 1 is 1.06 bits per heavy atom. The van der Waals surface area contributed by atoms with Crippen molar-refractivity contribution in [3.05, 3.63) is 99.8 Å². The number of thioether (sulfide) groups is 1. The number of hydrogen-bond donors (Lipinski definition) is 1. The second-order valence-electron chi connectivity index (χ2n) is 7.47. The summed E-state index contributed by atoms with van der Waals surface area (Å²) in [7, 11) is 1.58. The van der Waals surface area contributed by atoms with E-state index in [9.17, 15) is 4.79 Å². The van der Waals surface area contributed by atoms with Crippen LogP contribution < -0.4 is 10.1 Å². The van der Waals surface area contributed by atoms with Crippen molar-refractivity contribution < 1.29 is 9.53 Å². The lowest BCUT2D eigenvalue weighted by molar-refractivity contribution is 0.0938. The molecule has 9 heteroatoms. The maximum Gasteiger partial charge on any atom is 0.251 e. The Morgan fingerprint density at radius 3 is 2.47 bits per heavy atom. The zero-order valence-electron chi connectivity index (χ0n) is 18.5. The van der Waals surface area contributed by atoms with Gasteiger partial charge in [-0.3, -0.25) is 9.36 Å². The number of halogens is 2. The lowest BCUT2D eigenvalue weighted by Gasteiger charge is -2.17. The van der Waals surface area contributed by atoms with E-state index in [1.807, 2.05) is 35.8 Å². The highest BCUT2D eigenvalue weighted by Gasteiger charge is 2.23. The topological polar surface area (TPSA) is 69.0 Å². The third kappa shape index (κ3) is 5.55. The molecule has 4 aromatic rings. The summed E-state index contributed by atoms with van der Waals surface area (Å²) in [4.78, 5) is 12.8. The quantitative estimate of drug-likeness (QED) is 0.278. The fraction of sp³-hybridized carbons (Fsp3) is 0.160. The molecule has 0 spiro atoms. The molecule has 0 fully saturated rings. The van der Waals surface area contributed by atoms with Gasteiger partial charge in [-0.1, -0.05) is 65.3 Å². The molecule has 1 atom stereocenters. The van der Waals surface area contributed by atoms with Crippen LogP contribution in [0.4, 0.5) is 0 Å². The van der Waals surface area contributed by atoms with Crippen molar-refractivity contribution in [2.75, 3.05) is 7.11 Å². The first kappa shape index (κ1) is 24.1. The van der Waals surface area contributed by atoms with Crippen LogP contribution in [0.1, 0.15) is 34.7 Å². The van der Waals surface area contributed by atoms with Crippen molar-refractivity contribution in [3.63, 3.8) is 0 Å². The van der Waals surface area contributed by atoms with Gasteiger partial charge >= 0.3 is 0 Å². The van der Waals surface area contributed by atoms with E-state index in [0.29, 0.717) is 43.8 Å². The van der Waals surface area contributed by atoms with Gasteiger partial charge in [-0.25, -0.2) is 0 Å². The average molecular weight is 513 g/mol. The minimum Gasteiger partial charge on any atom is -0.497 e.